The first-order chi connectivity index (χ1) is 18.8. The molecule has 0 atom stereocenters. The van der Waals surface area contributed by atoms with Crippen LogP contribution in [0.5, 0.6) is 0 Å². The van der Waals surface area contributed by atoms with Gasteiger partial charge in [0.15, 0.2) is 5.78 Å². The van der Waals surface area contributed by atoms with Gasteiger partial charge in [-0.15, -0.1) is 0 Å². The second-order valence-electron chi connectivity index (χ2n) is 9.99. The summed E-state index contributed by atoms with van der Waals surface area (Å²) in [7, 11) is 0. The van der Waals surface area contributed by atoms with E-state index in [4.69, 9.17) is 0 Å². The van der Waals surface area contributed by atoms with Gasteiger partial charge in [-0.2, -0.15) is 0 Å². The number of Topliss-reactive ketones (excluding diaryl/α,β-unsaturated/α-hetero) is 1. The Bertz CT molecular complexity index is 1720. The highest BCUT2D eigenvalue weighted by Gasteiger charge is 2.35. The summed E-state index contributed by atoms with van der Waals surface area (Å²) in [6.45, 7) is 0. The van der Waals surface area contributed by atoms with E-state index >= 15 is 0 Å². The van der Waals surface area contributed by atoms with Crippen LogP contribution in [-0.2, 0) is 17.6 Å². The van der Waals surface area contributed by atoms with Crippen molar-refractivity contribution in [3.63, 3.8) is 0 Å². The molecule has 0 unspecified atom stereocenters. The zero-order valence-electron chi connectivity index (χ0n) is 21.0. The lowest BCUT2D eigenvalue weighted by Gasteiger charge is -2.19. The van der Waals surface area contributed by atoms with Crippen molar-refractivity contribution >= 4 is 28.1 Å². The van der Waals surface area contributed by atoms with E-state index in [2.05, 4.69) is 54.6 Å². The fourth-order valence-electron chi connectivity index (χ4n) is 5.75. The van der Waals surface area contributed by atoms with Crippen molar-refractivity contribution in [2.75, 3.05) is 0 Å². The molecule has 1 heteroatoms. The van der Waals surface area contributed by atoms with Crippen LogP contribution in [-0.4, -0.2) is 5.78 Å². The number of carbonyl (C=O) groups excluding carboxylic acids is 1. The third-order valence-electron chi connectivity index (χ3n) is 7.77. The van der Waals surface area contributed by atoms with Crippen molar-refractivity contribution < 1.29 is 4.79 Å². The zero-order valence-corrected chi connectivity index (χ0v) is 21.0. The van der Waals surface area contributed by atoms with Crippen LogP contribution in [0.15, 0.2) is 133 Å². The Labute approximate surface area is 223 Å². The van der Waals surface area contributed by atoms with E-state index in [9.17, 15) is 4.79 Å². The first-order valence-electron chi connectivity index (χ1n) is 13.2. The van der Waals surface area contributed by atoms with Gasteiger partial charge in [0, 0.05) is 22.3 Å². The molecular formula is C37H26O. The Hall–Kier alpha value is -4.75. The zero-order chi connectivity index (χ0) is 25.5. The molecule has 0 heterocycles. The maximum atomic E-state index is 14.3. The monoisotopic (exact) mass is 486 g/mol. The van der Waals surface area contributed by atoms with Crippen LogP contribution in [0, 0.1) is 0 Å². The van der Waals surface area contributed by atoms with E-state index < -0.39 is 0 Å². The third kappa shape index (κ3) is 3.76. The van der Waals surface area contributed by atoms with Crippen molar-refractivity contribution in [3.8, 4) is 11.1 Å². The maximum Gasteiger partial charge on any atom is 0.195 e. The van der Waals surface area contributed by atoms with Crippen LogP contribution in [0.3, 0.4) is 0 Å². The third-order valence-corrected chi connectivity index (χ3v) is 7.77. The maximum absolute atomic E-state index is 14.3. The molecule has 0 radical (unpaired) electrons. The van der Waals surface area contributed by atoms with Gasteiger partial charge < -0.3 is 0 Å². The van der Waals surface area contributed by atoms with Crippen molar-refractivity contribution in [1.29, 1.82) is 0 Å². The second kappa shape index (κ2) is 9.28. The van der Waals surface area contributed by atoms with E-state index in [1.807, 2.05) is 78.9 Å². The summed E-state index contributed by atoms with van der Waals surface area (Å²) in [5.74, 6) is 0.0719. The Morgan fingerprint density at radius 1 is 0.342 bits per heavy atom. The highest BCUT2D eigenvalue weighted by molar-refractivity contribution is 6.59. The molecule has 0 aromatic heterocycles. The molecule has 0 saturated heterocycles. The number of benzene rings is 5. The van der Waals surface area contributed by atoms with Crippen molar-refractivity contribution in [3.05, 3.63) is 167 Å². The van der Waals surface area contributed by atoms with Gasteiger partial charge in [-0.05, 0) is 57.3 Å². The molecule has 38 heavy (non-hydrogen) atoms. The molecule has 2 aliphatic rings. The van der Waals surface area contributed by atoms with Crippen LogP contribution in [0.2, 0.25) is 0 Å². The molecule has 0 amide bonds. The van der Waals surface area contributed by atoms with Crippen LogP contribution in [0.4, 0.5) is 0 Å². The first-order valence-corrected chi connectivity index (χ1v) is 13.2. The standard InChI is InChI=1S/C37H26O/c38-37-35(28-12-6-2-7-13-28)33(27-10-4-1-5-11-27)34(36(37)29-14-8-3-9-15-29)30-20-16-25(17-21-30)31-22-18-26-19-23-32(26)24-31/h1-18,20-22,24H,19,23H2. The minimum Gasteiger partial charge on any atom is -0.289 e. The molecule has 0 fully saturated rings. The highest BCUT2D eigenvalue weighted by atomic mass is 16.1. The molecule has 7 rings (SSSR count). The van der Waals surface area contributed by atoms with E-state index in [-0.39, 0.29) is 5.78 Å². The fourth-order valence-corrected chi connectivity index (χ4v) is 5.75. The van der Waals surface area contributed by atoms with Crippen molar-refractivity contribution in [2.24, 2.45) is 0 Å². The summed E-state index contributed by atoms with van der Waals surface area (Å²) >= 11 is 0. The largest absolute Gasteiger partial charge is 0.289 e. The van der Waals surface area contributed by atoms with Gasteiger partial charge >= 0.3 is 0 Å². The molecule has 5 aromatic carbocycles. The average molecular weight is 487 g/mol. The van der Waals surface area contributed by atoms with E-state index in [0.717, 1.165) is 44.5 Å². The Morgan fingerprint density at radius 3 is 1.18 bits per heavy atom. The highest BCUT2D eigenvalue weighted by Crippen LogP contribution is 2.49. The molecule has 5 aromatic rings. The van der Waals surface area contributed by atoms with Gasteiger partial charge in [0.2, 0.25) is 0 Å². The van der Waals surface area contributed by atoms with Gasteiger partial charge in [-0.1, -0.05) is 133 Å². The molecule has 0 bridgehead atoms. The molecule has 180 valence electrons. The van der Waals surface area contributed by atoms with Crippen LogP contribution in [0.1, 0.15) is 33.4 Å². The van der Waals surface area contributed by atoms with Crippen LogP contribution >= 0.6 is 0 Å². The normalized spacial score (nSPS) is 14.5. The summed E-state index contributed by atoms with van der Waals surface area (Å²) in [4.78, 5) is 14.3. The molecule has 0 N–H and O–H groups in total. The number of hydrogen-bond acceptors (Lipinski definition) is 1. The summed E-state index contributed by atoms with van der Waals surface area (Å²) in [6, 6.07) is 46.0. The summed E-state index contributed by atoms with van der Waals surface area (Å²) in [6.07, 6.45) is 2.36. The smallest absolute Gasteiger partial charge is 0.195 e. The SMILES string of the molecule is O=C1C(c2ccccc2)=C(c2ccccc2)C(c2ccc(-c3ccc4c(c3)CC4)cc2)=C1c1ccccc1. The molecule has 0 spiro atoms. The second-order valence-corrected chi connectivity index (χ2v) is 9.99. The van der Waals surface area contributed by atoms with Crippen molar-refractivity contribution in [2.45, 2.75) is 12.8 Å². The van der Waals surface area contributed by atoms with E-state index in [1.165, 1.54) is 35.1 Å². The molecular weight excluding hydrogens is 460 g/mol. The lowest BCUT2D eigenvalue weighted by atomic mass is 9.85. The van der Waals surface area contributed by atoms with Crippen LogP contribution in [0.25, 0.3) is 33.4 Å². The number of fused-ring (bicyclic) bond motifs is 1. The summed E-state index contributed by atoms with van der Waals surface area (Å²) in [5, 5.41) is 0. The number of hydrogen-bond donors (Lipinski definition) is 0. The van der Waals surface area contributed by atoms with Gasteiger partial charge in [0.25, 0.3) is 0 Å². The van der Waals surface area contributed by atoms with Crippen LogP contribution < -0.4 is 0 Å². The summed E-state index contributed by atoms with van der Waals surface area (Å²) in [5.41, 5.74) is 12.9. The van der Waals surface area contributed by atoms with Gasteiger partial charge in [-0.25, -0.2) is 0 Å². The lowest BCUT2D eigenvalue weighted by molar-refractivity contribution is -0.108. The summed E-state index contributed by atoms with van der Waals surface area (Å²) < 4.78 is 0. The Morgan fingerprint density at radius 2 is 0.737 bits per heavy atom. The number of aryl methyl sites for hydroxylation is 2. The first kappa shape index (κ1) is 22.4. The van der Waals surface area contributed by atoms with Gasteiger partial charge in [0.1, 0.15) is 0 Å². The predicted molar refractivity (Wildman–Crippen MR) is 157 cm³/mol. The van der Waals surface area contributed by atoms with E-state index in [0.29, 0.717) is 0 Å². The topological polar surface area (TPSA) is 17.1 Å². The Balaban J connectivity index is 1.45. The Kier molecular flexibility index (Phi) is 5.48. The molecule has 0 aliphatic heterocycles. The fraction of sp³-hybridized carbons (Fsp3) is 0.0541. The van der Waals surface area contributed by atoms with E-state index in [1.54, 1.807) is 0 Å². The lowest BCUT2D eigenvalue weighted by Crippen LogP contribution is -2.07. The number of allylic oxidation sites excluding steroid dienone is 4. The number of rotatable bonds is 5. The van der Waals surface area contributed by atoms with Gasteiger partial charge in [0.05, 0.1) is 0 Å². The molecule has 1 nitrogen and oxygen atoms in total. The quantitative estimate of drug-likeness (QED) is 0.243. The average Bonchev–Trinajstić information content (AvgIpc) is 3.28. The van der Waals surface area contributed by atoms with Gasteiger partial charge in [-0.3, -0.25) is 4.79 Å². The molecule has 0 saturated carbocycles. The van der Waals surface area contributed by atoms with Crippen molar-refractivity contribution in [1.82, 2.24) is 0 Å². The predicted octanol–water partition coefficient (Wildman–Crippen LogP) is 8.56. The minimum atomic E-state index is 0.0719. The number of carbonyl (C=O) groups is 1. The minimum absolute atomic E-state index is 0.0719. The number of ketones is 1. The molecule has 2 aliphatic carbocycles.